The number of nitrogens with one attached hydrogen (secondary N) is 1. The zero-order chi connectivity index (χ0) is 9.84. The largest absolute Gasteiger partial charge is 0.419 e. The van der Waals surface area contributed by atoms with Gasteiger partial charge >= 0.3 is 18.8 Å². The number of ether oxygens (including phenoxy) is 1. The molecule has 0 saturated heterocycles. The van der Waals surface area contributed by atoms with E-state index in [0.717, 1.165) is 0 Å². The van der Waals surface area contributed by atoms with E-state index >= 15 is 0 Å². The summed E-state index contributed by atoms with van der Waals surface area (Å²) in [4.78, 5) is 16.4. The Bertz CT molecular complexity index is 275. The second kappa shape index (κ2) is 3.92. The fourth-order valence-electron chi connectivity index (χ4n) is 0.586. The van der Waals surface area contributed by atoms with Gasteiger partial charge in [-0.05, 0) is 0 Å². The zero-order valence-electron chi connectivity index (χ0n) is 6.21. The van der Waals surface area contributed by atoms with E-state index < -0.39 is 18.8 Å². The van der Waals surface area contributed by atoms with Crippen LogP contribution in [0.5, 0.6) is 0 Å². The van der Waals surface area contributed by atoms with Gasteiger partial charge in [-0.25, -0.2) is 18.6 Å². The van der Waals surface area contributed by atoms with E-state index in [1.807, 2.05) is 0 Å². The van der Waals surface area contributed by atoms with E-state index in [4.69, 9.17) is 0 Å². The van der Waals surface area contributed by atoms with Crippen LogP contribution in [0.4, 0.5) is 13.2 Å². The lowest BCUT2D eigenvalue weighted by Gasteiger charge is -2.06. The minimum Gasteiger partial charge on any atom is -0.419 e. The number of hydrogen-bond donors (Lipinski definition) is 1. The molecule has 0 saturated carbocycles. The predicted molar refractivity (Wildman–Crippen MR) is 34.9 cm³/mol. The van der Waals surface area contributed by atoms with Crippen molar-refractivity contribution in [3.63, 3.8) is 0 Å². The van der Waals surface area contributed by atoms with Crippen LogP contribution in [0.15, 0.2) is 12.4 Å². The minimum absolute atomic E-state index is 0.316. The molecule has 0 spiro atoms. The lowest BCUT2D eigenvalue weighted by atomic mass is 10.6. The first-order valence-corrected chi connectivity index (χ1v) is 3.24. The van der Waals surface area contributed by atoms with Crippen molar-refractivity contribution in [2.24, 2.45) is 0 Å². The van der Waals surface area contributed by atoms with Gasteiger partial charge in [-0.2, -0.15) is 4.39 Å². The van der Waals surface area contributed by atoms with Gasteiger partial charge in [0.15, 0.2) is 0 Å². The number of rotatable bonds is 3. The van der Waals surface area contributed by atoms with Crippen LogP contribution < -0.4 is 0 Å². The van der Waals surface area contributed by atoms with Gasteiger partial charge in [0.05, 0.1) is 0 Å². The third-order valence-electron chi connectivity index (χ3n) is 1.11. The third kappa shape index (κ3) is 2.46. The maximum absolute atomic E-state index is 12.1. The summed E-state index contributed by atoms with van der Waals surface area (Å²) in [6.07, 6.45) is -3.77. The summed E-state index contributed by atoms with van der Waals surface area (Å²) in [5.74, 6) is -1.57. The highest BCUT2D eigenvalue weighted by atomic mass is 19.3. The SMILES string of the molecule is O=C(OC(F)C(F)F)c1ncc[nH]1. The molecule has 0 aliphatic carbocycles. The van der Waals surface area contributed by atoms with Crippen LogP contribution in [-0.2, 0) is 4.74 Å². The molecule has 1 atom stereocenters. The van der Waals surface area contributed by atoms with E-state index in [9.17, 15) is 18.0 Å². The van der Waals surface area contributed by atoms with Crippen molar-refractivity contribution in [3.05, 3.63) is 18.2 Å². The van der Waals surface area contributed by atoms with Crippen LogP contribution in [0.25, 0.3) is 0 Å². The highest BCUT2D eigenvalue weighted by Crippen LogP contribution is 2.08. The van der Waals surface area contributed by atoms with Gasteiger partial charge < -0.3 is 9.72 Å². The summed E-state index contributed by atoms with van der Waals surface area (Å²) >= 11 is 0. The molecular formula is C6H5F3N2O2. The molecule has 72 valence electrons. The van der Waals surface area contributed by atoms with Crippen LogP contribution in [-0.4, -0.2) is 28.7 Å². The topological polar surface area (TPSA) is 55.0 Å². The summed E-state index contributed by atoms with van der Waals surface area (Å²) in [6, 6.07) is 0. The maximum atomic E-state index is 12.1. The molecule has 0 amide bonds. The smallest absolute Gasteiger partial charge is 0.377 e. The monoisotopic (exact) mass is 194 g/mol. The molecule has 13 heavy (non-hydrogen) atoms. The van der Waals surface area contributed by atoms with E-state index in [1.165, 1.54) is 12.4 Å². The first kappa shape index (κ1) is 9.56. The van der Waals surface area contributed by atoms with Crippen molar-refractivity contribution in [2.45, 2.75) is 12.8 Å². The van der Waals surface area contributed by atoms with Crippen molar-refractivity contribution in [2.75, 3.05) is 0 Å². The van der Waals surface area contributed by atoms with Crippen LogP contribution in [0.3, 0.4) is 0 Å². The number of H-pyrrole nitrogens is 1. The van der Waals surface area contributed by atoms with Gasteiger partial charge in [-0.15, -0.1) is 0 Å². The molecular weight excluding hydrogens is 189 g/mol. The molecule has 1 heterocycles. The maximum Gasteiger partial charge on any atom is 0.377 e. The molecule has 1 aromatic rings. The number of nitrogens with zero attached hydrogens (tertiary/aromatic N) is 1. The Morgan fingerprint density at radius 2 is 2.23 bits per heavy atom. The summed E-state index contributed by atoms with van der Waals surface area (Å²) in [7, 11) is 0. The molecule has 4 nitrogen and oxygen atoms in total. The number of esters is 1. The van der Waals surface area contributed by atoms with Gasteiger partial charge in [0.25, 0.3) is 0 Å². The first-order chi connectivity index (χ1) is 6.11. The fourth-order valence-corrected chi connectivity index (χ4v) is 0.586. The van der Waals surface area contributed by atoms with Gasteiger partial charge in [0, 0.05) is 12.4 Å². The normalized spacial score (nSPS) is 12.9. The summed E-state index contributed by atoms with van der Waals surface area (Å²) in [6.45, 7) is 0. The standard InChI is InChI=1S/C6H5F3N2O2/c7-3(8)4(9)13-6(12)5-10-1-2-11-5/h1-4H,(H,10,11). The molecule has 0 fully saturated rings. The second-order valence-electron chi connectivity index (χ2n) is 2.03. The molecule has 1 aromatic heterocycles. The van der Waals surface area contributed by atoms with Crippen LogP contribution in [0, 0.1) is 0 Å². The third-order valence-corrected chi connectivity index (χ3v) is 1.11. The average Bonchev–Trinajstić information content (AvgIpc) is 2.55. The Kier molecular flexibility index (Phi) is 2.88. The molecule has 0 aliphatic heterocycles. The summed E-state index contributed by atoms with van der Waals surface area (Å²) < 4.78 is 38.9. The highest BCUT2D eigenvalue weighted by molar-refractivity contribution is 5.85. The lowest BCUT2D eigenvalue weighted by molar-refractivity contribution is -0.0976. The van der Waals surface area contributed by atoms with Gasteiger partial charge in [-0.3, -0.25) is 0 Å². The number of alkyl halides is 3. The van der Waals surface area contributed by atoms with Crippen molar-refractivity contribution in [1.82, 2.24) is 9.97 Å². The second-order valence-corrected chi connectivity index (χ2v) is 2.03. The highest BCUT2D eigenvalue weighted by Gasteiger charge is 2.25. The van der Waals surface area contributed by atoms with Gasteiger partial charge in [0.2, 0.25) is 5.82 Å². The van der Waals surface area contributed by atoms with E-state index in [2.05, 4.69) is 14.7 Å². The number of aromatic amines is 1. The van der Waals surface area contributed by atoms with E-state index in [0.29, 0.717) is 0 Å². The summed E-state index contributed by atoms with van der Waals surface area (Å²) in [5, 5.41) is 0. The van der Waals surface area contributed by atoms with Gasteiger partial charge in [0.1, 0.15) is 0 Å². The molecule has 1 N–H and O–H groups in total. The fraction of sp³-hybridized carbons (Fsp3) is 0.333. The molecule has 0 radical (unpaired) electrons. The van der Waals surface area contributed by atoms with Crippen LogP contribution in [0.2, 0.25) is 0 Å². The Morgan fingerprint density at radius 1 is 1.54 bits per heavy atom. The number of imidazole rings is 1. The van der Waals surface area contributed by atoms with Crippen molar-refractivity contribution >= 4 is 5.97 Å². The number of halogens is 3. The van der Waals surface area contributed by atoms with Crippen molar-refractivity contribution < 1.29 is 22.7 Å². The number of carbonyl (C=O) groups excluding carboxylic acids is 1. The predicted octanol–water partition coefficient (Wildman–Crippen LogP) is 1.13. The Hall–Kier alpha value is -1.53. The molecule has 0 aromatic carbocycles. The average molecular weight is 194 g/mol. The zero-order valence-corrected chi connectivity index (χ0v) is 6.21. The number of aromatic nitrogens is 2. The Morgan fingerprint density at radius 3 is 2.69 bits per heavy atom. The van der Waals surface area contributed by atoms with E-state index in [-0.39, 0.29) is 5.82 Å². The summed E-state index contributed by atoms with van der Waals surface area (Å²) in [5.41, 5.74) is 0. The first-order valence-electron chi connectivity index (χ1n) is 3.24. The molecule has 0 aliphatic rings. The van der Waals surface area contributed by atoms with E-state index in [1.54, 1.807) is 0 Å². The van der Waals surface area contributed by atoms with Crippen LogP contribution in [0.1, 0.15) is 10.6 Å². The Balaban J connectivity index is 2.52. The van der Waals surface area contributed by atoms with Crippen LogP contribution >= 0.6 is 0 Å². The molecule has 1 unspecified atom stereocenters. The molecule has 0 bridgehead atoms. The molecule has 7 heteroatoms. The van der Waals surface area contributed by atoms with Gasteiger partial charge in [-0.1, -0.05) is 0 Å². The lowest BCUT2D eigenvalue weighted by Crippen LogP contribution is -2.21. The Labute approximate surface area is 70.7 Å². The van der Waals surface area contributed by atoms with Crippen molar-refractivity contribution in [1.29, 1.82) is 0 Å². The number of carbonyl (C=O) groups is 1. The van der Waals surface area contributed by atoms with Crippen molar-refractivity contribution in [3.8, 4) is 0 Å². The minimum atomic E-state index is -3.35. The quantitative estimate of drug-likeness (QED) is 0.733. The number of hydrogen-bond acceptors (Lipinski definition) is 3. The molecule has 1 rings (SSSR count).